The number of fused-ring (bicyclic) bond motifs is 1. The van der Waals surface area contributed by atoms with Gasteiger partial charge in [-0.05, 0) is 54.4 Å². The minimum atomic E-state index is -0.559. The van der Waals surface area contributed by atoms with Crippen molar-refractivity contribution < 1.29 is 18.7 Å². The van der Waals surface area contributed by atoms with Crippen molar-refractivity contribution in [3.8, 4) is 22.2 Å². The standard InChI is InChI=1S/C31H30FN5O3S/c1-3-11-34-17-22-18-36-31(37(22)2)28-16-25-29(41-28)27(10-12-35-25)40-26-9-6-20(15-24(26)32)14-23(38)13-19-4-7-21(8-5-19)30(33)39/h4-10,12,15-16,18,34H,3,11,13-14,17H2,1-2H3,(H2,33,39). The van der Waals surface area contributed by atoms with E-state index in [9.17, 15) is 9.59 Å². The van der Waals surface area contributed by atoms with Crippen molar-refractivity contribution in [2.24, 2.45) is 12.8 Å². The molecule has 0 saturated heterocycles. The molecule has 5 rings (SSSR count). The number of hydrogen-bond donors (Lipinski definition) is 2. The van der Waals surface area contributed by atoms with Gasteiger partial charge < -0.3 is 20.4 Å². The van der Waals surface area contributed by atoms with Crippen molar-refractivity contribution in [3.05, 3.63) is 95.2 Å². The fraction of sp³-hybridized carbons (Fsp3) is 0.226. The van der Waals surface area contributed by atoms with Crippen LogP contribution in [-0.2, 0) is 31.2 Å². The van der Waals surface area contributed by atoms with Gasteiger partial charge in [0.2, 0.25) is 5.91 Å². The molecule has 0 atom stereocenters. The molecule has 0 fully saturated rings. The van der Waals surface area contributed by atoms with Crippen LogP contribution in [0.2, 0.25) is 0 Å². The third-order valence-corrected chi connectivity index (χ3v) is 7.81. The summed E-state index contributed by atoms with van der Waals surface area (Å²) in [6.45, 7) is 3.81. The number of amides is 1. The largest absolute Gasteiger partial charge is 0.453 e. The first-order chi connectivity index (χ1) is 19.8. The molecule has 0 aliphatic rings. The van der Waals surface area contributed by atoms with Crippen LogP contribution < -0.4 is 15.8 Å². The summed E-state index contributed by atoms with van der Waals surface area (Å²) in [6.07, 6.45) is 4.80. The molecular weight excluding hydrogens is 541 g/mol. The topological polar surface area (TPSA) is 112 Å². The highest BCUT2D eigenvalue weighted by molar-refractivity contribution is 7.22. The molecule has 3 aromatic heterocycles. The molecule has 10 heteroatoms. The van der Waals surface area contributed by atoms with Crippen LogP contribution in [0.1, 0.15) is 40.5 Å². The molecule has 3 N–H and O–H groups in total. The Kier molecular flexibility index (Phi) is 8.51. The molecule has 2 aromatic carbocycles. The van der Waals surface area contributed by atoms with Gasteiger partial charge in [0.05, 0.1) is 27.0 Å². The van der Waals surface area contributed by atoms with Gasteiger partial charge in [-0.1, -0.05) is 25.1 Å². The van der Waals surface area contributed by atoms with E-state index in [0.717, 1.165) is 51.7 Å². The number of hydrogen-bond acceptors (Lipinski definition) is 7. The summed E-state index contributed by atoms with van der Waals surface area (Å²) < 4.78 is 23.9. The third kappa shape index (κ3) is 6.50. The van der Waals surface area contributed by atoms with Gasteiger partial charge in [-0.3, -0.25) is 14.6 Å². The number of imidazole rings is 1. The first-order valence-electron chi connectivity index (χ1n) is 13.3. The van der Waals surface area contributed by atoms with E-state index >= 15 is 4.39 Å². The SMILES string of the molecule is CCCNCc1cnc(-c2cc3nccc(Oc4ccc(CC(=O)Cc5ccc(C(N)=O)cc5)cc4F)c3s2)n1C. The molecule has 41 heavy (non-hydrogen) atoms. The lowest BCUT2D eigenvalue weighted by Gasteiger charge is -2.09. The van der Waals surface area contributed by atoms with Crippen molar-refractivity contribution >= 4 is 33.2 Å². The molecular formula is C31H30FN5O3S. The smallest absolute Gasteiger partial charge is 0.248 e. The minimum absolute atomic E-state index is 0.0620. The normalized spacial score (nSPS) is 11.2. The van der Waals surface area contributed by atoms with Gasteiger partial charge in [-0.25, -0.2) is 9.37 Å². The summed E-state index contributed by atoms with van der Waals surface area (Å²) in [5.41, 5.74) is 8.76. The monoisotopic (exact) mass is 571 g/mol. The molecule has 3 heterocycles. The lowest BCUT2D eigenvalue weighted by molar-refractivity contribution is -0.117. The fourth-order valence-electron chi connectivity index (χ4n) is 4.50. The Balaban J connectivity index is 1.29. The molecule has 1 amide bonds. The summed E-state index contributed by atoms with van der Waals surface area (Å²) in [5.74, 6) is 0.225. The highest BCUT2D eigenvalue weighted by Crippen LogP contribution is 2.39. The third-order valence-electron chi connectivity index (χ3n) is 6.67. The predicted molar refractivity (Wildman–Crippen MR) is 158 cm³/mol. The van der Waals surface area contributed by atoms with Crippen LogP contribution in [0.25, 0.3) is 20.9 Å². The first kappa shape index (κ1) is 28.1. The lowest BCUT2D eigenvalue weighted by Crippen LogP contribution is -2.16. The fourth-order valence-corrected chi connectivity index (χ4v) is 5.59. The highest BCUT2D eigenvalue weighted by atomic mass is 32.1. The zero-order valence-electron chi connectivity index (χ0n) is 22.8. The van der Waals surface area contributed by atoms with E-state index in [4.69, 9.17) is 10.5 Å². The summed E-state index contributed by atoms with van der Waals surface area (Å²) >= 11 is 1.49. The quantitative estimate of drug-likeness (QED) is 0.189. The minimum Gasteiger partial charge on any atom is -0.453 e. The van der Waals surface area contributed by atoms with E-state index in [0.29, 0.717) is 16.9 Å². The maximum atomic E-state index is 15.1. The number of ether oxygens (including phenoxy) is 1. The maximum Gasteiger partial charge on any atom is 0.248 e. The Morgan fingerprint density at radius 1 is 1.02 bits per heavy atom. The van der Waals surface area contributed by atoms with Crippen LogP contribution in [0.15, 0.2) is 67.0 Å². The van der Waals surface area contributed by atoms with Crippen molar-refractivity contribution in [2.75, 3.05) is 6.54 Å². The average Bonchev–Trinajstić information content (AvgIpc) is 3.54. The number of nitrogens with two attached hydrogens (primary N) is 1. The van der Waals surface area contributed by atoms with Crippen molar-refractivity contribution in [2.45, 2.75) is 32.7 Å². The molecule has 210 valence electrons. The predicted octanol–water partition coefficient (Wildman–Crippen LogP) is 5.58. The van der Waals surface area contributed by atoms with Gasteiger partial charge in [-0.15, -0.1) is 11.3 Å². The number of nitrogens with one attached hydrogen (secondary N) is 1. The summed E-state index contributed by atoms with van der Waals surface area (Å²) in [4.78, 5) is 33.8. The molecule has 8 nitrogen and oxygen atoms in total. The molecule has 0 bridgehead atoms. The molecule has 0 saturated carbocycles. The second-order valence-electron chi connectivity index (χ2n) is 9.76. The Morgan fingerprint density at radius 2 is 1.78 bits per heavy atom. The van der Waals surface area contributed by atoms with E-state index in [2.05, 4.69) is 26.8 Å². The van der Waals surface area contributed by atoms with Crippen LogP contribution in [0.5, 0.6) is 11.5 Å². The Bertz CT molecular complexity index is 1710. The molecule has 0 unspecified atom stereocenters. The second kappa shape index (κ2) is 12.4. The number of thiophene rings is 1. The zero-order chi connectivity index (χ0) is 28.9. The van der Waals surface area contributed by atoms with E-state index in [-0.39, 0.29) is 24.4 Å². The Morgan fingerprint density at radius 3 is 2.51 bits per heavy atom. The Hall–Kier alpha value is -4.41. The summed E-state index contributed by atoms with van der Waals surface area (Å²) in [5, 5.41) is 3.40. The molecule has 0 aliphatic heterocycles. The number of ketones is 1. The van der Waals surface area contributed by atoms with Crippen LogP contribution in [0, 0.1) is 5.82 Å². The number of nitrogens with zero attached hydrogens (tertiary/aromatic N) is 3. The van der Waals surface area contributed by atoms with Gasteiger partial charge >= 0.3 is 0 Å². The van der Waals surface area contributed by atoms with Crippen LogP contribution in [-0.4, -0.2) is 32.8 Å². The number of aromatic nitrogens is 3. The molecule has 0 spiro atoms. The molecule has 0 radical (unpaired) electrons. The average molecular weight is 572 g/mol. The second-order valence-corrected chi connectivity index (χ2v) is 10.8. The maximum absolute atomic E-state index is 15.1. The first-order valence-corrected chi connectivity index (χ1v) is 14.1. The number of benzene rings is 2. The highest BCUT2D eigenvalue weighted by Gasteiger charge is 2.17. The van der Waals surface area contributed by atoms with Crippen molar-refractivity contribution in [1.29, 1.82) is 0 Å². The number of rotatable bonds is 12. The number of halogens is 1. The number of carbonyl (C=O) groups is 2. The summed E-state index contributed by atoms with van der Waals surface area (Å²) in [7, 11) is 1.99. The number of Topliss-reactive ketones (excluding diaryl/α,β-unsaturated/α-hetero) is 1. The van der Waals surface area contributed by atoms with E-state index in [1.165, 1.54) is 23.5 Å². The lowest BCUT2D eigenvalue weighted by atomic mass is 10.0. The molecule has 5 aromatic rings. The zero-order valence-corrected chi connectivity index (χ0v) is 23.6. The number of carbonyl (C=O) groups excluding carboxylic acids is 2. The van der Waals surface area contributed by atoms with Crippen molar-refractivity contribution in [1.82, 2.24) is 19.9 Å². The molecule has 0 aliphatic carbocycles. The van der Waals surface area contributed by atoms with Gasteiger partial charge in [0.1, 0.15) is 17.4 Å². The van der Waals surface area contributed by atoms with E-state index in [1.54, 1.807) is 42.6 Å². The number of pyridine rings is 1. The van der Waals surface area contributed by atoms with E-state index in [1.807, 2.05) is 19.3 Å². The van der Waals surface area contributed by atoms with Gasteiger partial charge in [-0.2, -0.15) is 0 Å². The van der Waals surface area contributed by atoms with Crippen LogP contribution in [0.4, 0.5) is 4.39 Å². The Labute approximate surface area is 241 Å². The van der Waals surface area contributed by atoms with Crippen LogP contribution >= 0.6 is 11.3 Å². The van der Waals surface area contributed by atoms with Crippen LogP contribution in [0.3, 0.4) is 0 Å². The van der Waals surface area contributed by atoms with Gasteiger partial charge in [0.15, 0.2) is 11.6 Å². The van der Waals surface area contributed by atoms with E-state index < -0.39 is 11.7 Å². The van der Waals surface area contributed by atoms with Gasteiger partial charge in [0, 0.05) is 44.3 Å². The van der Waals surface area contributed by atoms with Crippen molar-refractivity contribution in [3.63, 3.8) is 0 Å². The number of primary amides is 1. The van der Waals surface area contributed by atoms with Gasteiger partial charge in [0.25, 0.3) is 0 Å². The summed E-state index contributed by atoms with van der Waals surface area (Å²) in [6, 6.07) is 14.8.